The van der Waals surface area contributed by atoms with Gasteiger partial charge in [0.1, 0.15) is 24.1 Å². The lowest BCUT2D eigenvalue weighted by molar-refractivity contribution is -0.141. The molecule has 3 heterocycles. The highest BCUT2D eigenvalue weighted by atomic mass is 16.6. The van der Waals surface area contributed by atoms with Crippen LogP contribution in [0.25, 0.3) is 0 Å². The number of amides is 3. The molecule has 6 N–H and O–H groups in total. The largest absolute Gasteiger partial charge is 0.387 e. The third-order valence-electron chi connectivity index (χ3n) is 6.32. The van der Waals surface area contributed by atoms with Crippen molar-refractivity contribution >= 4 is 23.5 Å². The Morgan fingerprint density at radius 2 is 1.82 bits per heavy atom. The van der Waals surface area contributed by atoms with E-state index in [4.69, 9.17) is 15.2 Å². The van der Waals surface area contributed by atoms with Crippen LogP contribution in [-0.4, -0.2) is 99.6 Å². The number of nitrogens with two attached hydrogens (primary N) is 1. The molecule has 204 valence electrons. The second-order valence-corrected chi connectivity index (χ2v) is 8.93. The van der Waals surface area contributed by atoms with Gasteiger partial charge in [0.15, 0.2) is 12.3 Å². The number of carbonyl (C=O) groups is 3. The summed E-state index contributed by atoms with van der Waals surface area (Å²) in [6.45, 7) is 1.41. The van der Waals surface area contributed by atoms with E-state index < -0.39 is 48.1 Å². The van der Waals surface area contributed by atoms with Crippen LogP contribution in [0.1, 0.15) is 11.8 Å². The molecule has 2 aliphatic rings. The molecule has 0 aliphatic carbocycles. The van der Waals surface area contributed by atoms with Gasteiger partial charge in [0.05, 0.1) is 19.8 Å². The molecule has 0 bridgehead atoms. The summed E-state index contributed by atoms with van der Waals surface area (Å²) < 4.78 is 11.7. The number of carbonyl (C=O) groups excluding carboxylic acids is 3. The zero-order valence-corrected chi connectivity index (χ0v) is 20.4. The van der Waals surface area contributed by atoms with E-state index in [1.165, 1.54) is 12.3 Å². The summed E-state index contributed by atoms with van der Waals surface area (Å²) in [6, 6.07) is 9.06. The molecule has 0 spiro atoms. The Kier molecular flexibility index (Phi) is 8.68. The highest BCUT2D eigenvalue weighted by molar-refractivity contribution is 5.92. The summed E-state index contributed by atoms with van der Waals surface area (Å²) in [5.74, 6) is -1.83. The normalized spacial score (nSPS) is 24.0. The fourth-order valence-electron chi connectivity index (χ4n) is 4.25. The second-order valence-electron chi connectivity index (χ2n) is 8.93. The van der Waals surface area contributed by atoms with Crippen molar-refractivity contribution in [3.63, 3.8) is 0 Å². The van der Waals surface area contributed by atoms with Gasteiger partial charge < -0.3 is 41.0 Å². The average molecular weight is 531 g/mol. The van der Waals surface area contributed by atoms with Crippen molar-refractivity contribution in [1.29, 1.82) is 0 Å². The number of hydrogen-bond donors (Lipinski definition) is 5. The van der Waals surface area contributed by atoms with E-state index in [2.05, 4.69) is 15.6 Å². The van der Waals surface area contributed by atoms with Crippen LogP contribution >= 0.6 is 0 Å². The molecule has 1 aromatic carbocycles. The van der Waals surface area contributed by atoms with Gasteiger partial charge in [-0.1, -0.05) is 30.3 Å². The first-order valence-electron chi connectivity index (χ1n) is 12.1. The van der Waals surface area contributed by atoms with Gasteiger partial charge in [-0.25, -0.2) is 4.79 Å². The van der Waals surface area contributed by atoms with E-state index in [0.29, 0.717) is 26.3 Å². The summed E-state index contributed by atoms with van der Waals surface area (Å²) in [6.07, 6.45) is -5.04. The van der Waals surface area contributed by atoms with Crippen LogP contribution in [0.2, 0.25) is 0 Å². The predicted molar refractivity (Wildman–Crippen MR) is 131 cm³/mol. The van der Waals surface area contributed by atoms with Crippen LogP contribution in [-0.2, 0) is 30.3 Å². The molecule has 14 nitrogen and oxygen atoms in total. The molecule has 0 unspecified atom stereocenters. The lowest BCUT2D eigenvalue weighted by atomic mass is 10.0. The number of aliphatic hydroxyl groups excluding tert-OH is 2. The third kappa shape index (κ3) is 6.34. The minimum Gasteiger partial charge on any atom is -0.387 e. The van der Waals surface area contributed by atoms with Crippen LogP contribution in [0.4, 0.5) is 5.82 Å². The number of benzene rings is 1. The minimum absolute atomic E-state index is 0.0459. The number of nitrogen functional groups attached to an aromatic ring is 1. The van der Waals surface area contributed by atoms with Gasteiger partial charge in [-0.15, -0.1) is 0 Å². The van der Waals surface area contributed by atoms with Gasteiger partial charge in [-0.05, 0) is 11.6 Å². The molecule has 4 rings (SSSR count). The predicted octanol–water partition coefficient (Wildman–Crippen LogP) is -2.85. The van der Waals surface area contributed by atoms with Crippen molar-refractivity contribution in [3.05, 3.63) is 58.6 Å². The Hall–Kier alpha value is -3.85. The molecule has 2 saturated heterocycles. The number of nitrogens with one attached hydrogen (secondary N) is 2. The quantitative estimate of drug-likeness (QED) is 0.237. The molecule has 5 atom stereocenters. The van der Waals surface area contributed by atoms with Gasteiger partial charge >= 0.3 is 5.69 Å². The van der Waals surface area contributed by atoms with Crippen molar-refractivity contribution in [3.8, 4) is 0 Å². The Bertz CT molecular complexity index is 1200. The summed E-state index contributed by atoms with van der Waals surface area (Å²) in [5.41, 5.74) is 5.38. The lowest BCUT2D eigenvalue weighted by Crippen LogP contribution is -2.54. The summed E-state index contributed by atoms with van der Waals surface area (Å²) in [4.78, 5) is 55.9. The van der Waals surface area contributed by atoms with E-state index in [9.17, 15) is 29.4 Å². The maximum absolute atomic E-state index is 13.1. The minimum atomic E-state index is -1.70. The summed E-state index contributed by atoms with van der Waals surface area (Å²) in [5, 5.41) is 26.1. The maximum atomic E-state index is 13.1. The molecule has 1 aromatic heterocycles. The fourth-order valence-corrected chi connectivity index (χ4v) is 4.25. The van der Waals surface area contributed by atoms with Crippen molar-refractivity contribution in [1.82, 2.24) is 25.1 Å². The summed E-state index contributed by atoms with van der Waals surface area (Å²) in [7, 11) is 0. The molecule has 0 saturated carbocycles. The highest BCUT2D eigenvalue weighted by Gasteiger charge is 2.48. The molecule has 38 heavy (non-hydrogen) atoms. The van der Waals surface area contributed by atoms with Crippen LogP contribution in [0.5, 0.6) is 0 Å². The first kappa shape index (κ1) is 27.2. The van der Waals surface area contributed by atoms with Crippen molar-refractivity contribution < 1.29 is 34.1 Å². The van der Waals surface area contributed by atoms with E-state index in [1.54, 1.807) is 35.2 Å². The molecule has 0 radical (unpaired) electrons. The van der Waals surface area contributed by atoms with Crippen LogP contribution in [0.3, 0.4) is 0 Å². The van der Waals surface area contributed by atoms with Crippen molar-refractivity contribution in [2.24, 2.45) is 0 Å². The number of morpholine rings is 1. The number of aromatic nitrogens is 2. The standard InChI is InChI=1S/C24H30N6O8/c25-16-6-7-30(24(36)28-16)23-19(33)18(32)20(38-23)22(35)27-15(12-14-4-2-1-3-5-14)21(34)26-13-17(31)29-8-10-37-11-9-29/h1-7,15,18-20,23,32-33H,8-13H2,(H,26,34)(H,27,35)(H2,25,28,36)/t15-,18+,19-,20+,23-/m1/s1. The van der Waals surface area contributed by atoms with Gasteiger partial charge in [0.2, 0.25) is 11.8 Å². The van der Waals surface area contributed by atoms with Crippen molar-refractivity contribution in [2.45, 2.75) is 37.0 Å². The third-order valence-corrected chi connectivity index (χ3v) is 6.32. The molecule has 2 aliphatic heterocycles. The number of aliphatic hydroxyl groups is 2. The van der Waals surface area contributed by atoms with Gasteiger partial charge in [-0.2, -0.15) is 4.98 Å². The molecular formula is C24H30N6O8. The first-order chi connectivity index (χ1) is 18.2. The van der Waals surface area contributed by atoms with Gasteiger partial charge in [0.25, 0.3) is 5.91 Å². The van der Waals surface area contributed by atoms with Crippen LogP contribution in [0.15, 0.2) is 47.4 Å². The van der Waals surface area contributed by atoms with Gasteiger partial charge in [-0.3, -0.25) is 19.0 Å². The zero-order chi connectivity index (χ0) is 27.2. The zero-order valence-electron chi connectivity index (χ0n) is 20.4. The Balaban J connectivity index is 1.45. The van der Waals surface area contributed by atoms with Crippen LogP contribution < -0.4 is 22.1 Å². The van der Waals surface area contributed by atoms with E-state index in [-0.39, 0.29) is 24.7 Å². The second kappa shape index (κ2) is 12.1. The molecule has 3 amide bonds. The number of nitrogens with zero attached hydrogens (tertiary/aromatic N) is 3. The van der Waals surface area contributed by atoms with Crippen molar-refractivity contribution in [2.75, 3.05) is 38.6 Å². The fraction of sp³-hybridized carbons (Fsp3) is 0.458. The average Bonchev–Trinajstić information content (AvgIpc) is 3.21. The van der Waals surface area contributed by atoms with E-state index in [1.807, 2.05) is 0 Å². The van der Waals surface area contributed by atoms with Gasteiger partial charge in [0, 0.05) is 25.7 Å². The molecule has 2 fully saturated rings. The number of ether oxygens (including phenoxy) is 2. The lowest BCUT2D eigenvalue weighted by Gasteiger charge is -2.27. The summed E-state index contributed by atoms with van der Waals surface area (Å²) >= 11 is 0. The Morgan fingerprint density at radius 1 is 1.11 bits per heavy atom. The monoisotopic (exact) mass is 530 g/mol. The highest BCUT2D eigenvalue weighted by Crippen LogP contribution is 2.28. The van der Waals surface area contributed by atoms with E-state index >= 15 is 0 Å². The topological polar surface area (TPSA) is 198 Å². The smallest absolute Gasteiger partial charge is 0.351 e. The van der Waals surface area contributed by atoms with Crippen LogP contribution in [0, 0.1) is 0 Å². The number of rotatable bonds is 8. The molecule has 14 heteroatoms. The molecule has 2 aromatic rings. The SMILES string of the molecule is Nc1ccn([C@@H]2O[C@H](C(=O)N[C@H](Cc3ccccc3)C(=O)NCC(=O)N3CCOCC3)[C@@H](O)[C@H]2O)c(=O)n1. The number of hydrogen-bond acceptors (Lipinski definition) is 10. The molecular weight excluding hydrogens is 500 g/mol. The first-order valence-corrected chi connectivity index (χ1v) is 12.1. The number of anilines is 1. The Labute approximate surface area is 217 Å². The Morgan fingerprint density at radius 3 is 2.50 bits per heavy atom. The van der Waals surface area contributed by atoms with E-state index in [0.717, 1.165) is 10.1 Å². The maximum Gasteiger partial charge on any atom is 0.351 e.